The minimum Gasteiger partial charge on any atom is -0.494 e. The highest BCUT2D eigenvalue weighted by molar-refractivity contribution is 5.68. The van der Waals surface area contributed by atoms with Crippen molar-refractivity contribution in [2.45, 2.75) is 20.3 Å². The first-order chi connectivity index (χ1) is 13.5. The highest BCUT2D eigenvalue weighted by Crippen LogP contribution is 2.26. The molecule has 28 heavy (non-hydrogen) atoms. The van der Waals surface area contributed by atoms with Crippen molar-refractivity contribution in [2.75, 3.05) is 26.7 Å². The summed E-state index contributed by atoms with van der Waals surface area (Å²) in [6.07, 6.45) is 5.14. The van der Waals surface area contributed by atoms with Gasteiger partial charge in [-0.1, -0.05) is 18.2 Å². The van der Waals surface area contributed by atoms with E-state index in [0.29, 0.717) is 17.9 Å². The fraction of sp³-hybridized carbons (Fsp3) is 0.304. The van der Waals surface area contributed by atoms with Gasteiger partial charge in [0.05, 0.1) is 12.3 Å². The zero-order valence-corrected chi connectivity index (χ0v) is 16.6. The Labute approximate surface area is 164 Å². The van der Waals surface area contributed by atoms with Crippen LogP contribution in [0.2, 0.25) is 0 Å². The minimum atomic E-state index is -0.0751. The number of nitrogens with zero attached hydrogens (tertiary/aromatic N) is 3. The Morgan fingerprint density at radius 1 is 1.14 bits per heavy atom. The maximum atomic E-state index is 12.8. The number of fused-ring (bicyclic) bond motifs is 1. The fourth-order valence-electron chi connectivity index (χ4n) is 3.54. The van der Waals surface area contributed by atoms with Crippen LogP contribution in [0.15, 0.2) is 53.5 Å². The SMILES string of the molecule is CCOc1cc(-c2cc(=O)n3cc(C4=CCN(C)CC4)ccc3n2)ccc1C. The van der Waals surface area contributed by atoms with Crippen molar-refractivity contribution in [3.05, 3.63) is 70.2 Å². The van der Waals surface area contributed by atoms with Gasteiger partial charge in [0.1, 0.15) is 11.4 Å². The summed E-state index contributed by atoms with van der Waals surface area (Å²) >= 11 is 0. The van der Waals surface area contributed by atoms with E-state index in [1.807, 2.05) is 44.3 Å². The molecule has 0 saturated carbocycles. The molecule has 2 aromatic heterocycles. The molecule has 0 N–H and O–H groups in total. The van der Waals surface area contributed by atoms with Crippen LogP contribution in [-0.2, 0) is 0 Å². The molecule has 1 aliphatic rings. The average molecular weight is 375 g/mol. The van der Waals surface area contributed by atoms with Gasteiger partial charge in [0, 0.05) is 30.9 Å². The lowest BCUT2D eigenvalue weighted by Crippen LogP contribution is -2.24. The fourth-order valence-corrected chi connectivity index (χ4v) is 3.54. The van der Waals surface area contributed by atoms with Gasteiger partial charge in [-0.25, -0.2) is 4.98 Å². The highest BCUT2D eigenvalue weighted by Gasteiger charge is 2.12. The van der Waals surface area contributed by atoms with Crippen LogP contribution in [0, 0.1) is 6.92 Å². The number of hydrogen-bond acceptors (Lipinski definition) is 4. The second-order valence-electron chi connectivity index (χ2n) is 7.28. The summed E-state index contributed by atoms with van der Waals surface area (Å²) in [6, 6.07) is 11.5. The maximum Gasteiger partial charge on any atom is 0.258 e. The van der Waals surface area contributed by atoms with Crippen molar-refractivity contribution in [1.82, 2.24) is 14.3 Å². The number of pyridine rings is 1. The molecule has 0 amide bonds. The Balaban J connectivity index is 1.75. The van der Waals surface area contributed by atoms with Crippen LogP contribution in [-0.4, -0.2) is 41.0 Å². The minimum absolute atomic E-state index is 0.0751. The molecule has 5 nitrogen and oxygen atoms in total. The quantitative estimate of drug-likeness (QED) is 0.696. The van der Waals surface area contributed by atoms with E-state index in [0.717, 1.165) is 42.0 Å². The zero-order valence-electron chi connectivity index (χ0n) is 16.6. The van der Waals surface area contributed by atoms with Crippen molar-refractivity contribution in [3.63, 3.8) is 0 Å². The molecule has 1 aromatic carbocycles. The van der Waals surface area contributed by atoms with Crippen LogP contribution < -0.4 is 10.3 Å². The van der Waals surface area contributed by atoms with E-state index in [4.69, 9.17) is 9.72 Å². The molecule has 144 valence electrons. The molecular weight excluding hydrogens is 350 g/mol. The summed E-state index contributed by atoms with van der Waals surface area (Å²) in [5.41, 5.74) is 5.57. The number of aromatic nitrogens is 2. The molecule has 0 bridgehead atoms. The molecule has 0 unspecified atom stereocenters. The zero-order chi connectivity index (χ0) is 19.7. The van der Waals surface area contributed by atoms with E-state index in [2.05, 4.69) is 24.1 Å². The van der Waals surface area contributed by atoms with Crippen LogP contribution in [0.3, 0.4) is 0 Å². The molecule has 0 spiro atoms. The lowest BCUT2D eigenvalue weighted by Gasteiger charge is -2.22. The predicted octanol–water partition coefficient (Wildman–Crippen LogP) is 3.79. The molecule has 0 aliphatic carbocycles. The van der Waals surface area contributed by atoms with Crippen LogP contribution in [0.5, 0.6) is 5.75 Å². The van der Waals surface area contributed by atoms with Gasteiger partial charge in [0.2, 0.25) is 0 Å². The normalized spacial score (nSPS) is 14.9. The molecule has 3 aromatic rings. The monoisotopic (exact) mass is 375 g/mol. The topological polar surface area (TPSA) is 46.8 Å². The van der Waals surface area contributed by atoms with Gasteiger partial charge in [-0.2, -0.15) is 0 Å². The van der Waals surface area contributed by atoms with Gasteiger partial charge in [0.15, 0.2) is 0 Å². The van der Waals surface area contributed by atoms with Crippen molar-refractivity contribution in [1.29, 1.82) is 0 Å². The van der Waals surface area contributed by atoms with Gasteiger partial charge in [-0.05, 0) is 62.2 Å². The summed E-state index contributed by atoms with van der Waals surface area (Å²) < 4.78 is 7.32. The van der Waals surface area contributed by atoms with Crippen LogP contribution in [0.4, 0.5) is 0 Å². The molecule has 4 rings (SSSR count). The number of benzene rings is 1. The van der Waals surface area contributed by atoms with Gasteiger partial charge < -0.3 is 9.64 Å². The Bertz CT molecular complexity index is 1110. The largest absolute Gasteiger partial charge is 0.494 e. The van der Waals surface area contributed by atoms with Gasteiger partial charge in [0.25, 0.3) is 5.56 Å². The van der Waals surface area contributed by atoms with E-state index < -0.39 is 0 Å². The molecule has 1 aliphatic heterocycles. The summed E-state index contributed by atoms with van der Waals surface area (Å²) in [6.45, 7) is 6.55. The Kier molecular flexibility index (Phi) is 5.01. The molecule has 3 heterocycles. The Hall–Kier alpha value is -2.92. The van der Waals surface area contributed by atoms with Crippen molar-refractivity contribution >= 4 is 11.2 Å². The Morgan fingerprint density at radius 3 is 2.71 bits per heavy atom. The summed E-state index contributed by atoms with van der Waals surface area (Å²) in [5.74, 6) is 0.826. The third-order valence-electron chi connectivity index (χ3n) is 5.23. The lowest BCUT2D eigenvalue weighted by molar-refractivity contribution is 0.338. The van der Waals surface area contributed by atoms with E-state index in [1.165, 1.54) is 5.57 Å². The smallest absolute Gasteiger partial charge is 0.258 e. The van der Waals surface area contributed by atoms with Gasteiger partial charge in [-0.15, -0.1) is 0 Å². The maximum absolute atomic E-state index is 12.8. The number of hydrogen-bond donors (Lipinski definition) is 0. The standard InChI is InChI=1S/C23H25N3O2/c1-4-28-21-13-18(6-5-16(21)2)20-14-23(27)26-15-19(7-8-22(26)24-20)17-9-11-25(3)12-10-17/h5-9,13-15H,4,10-12H2,1-3H3. The van der Waals surface area contributed by atoms with Crippen molar-refractivity contribution in [3.8, 4) is 17.0 Å². The summed E-state index contributed by atoms with van der Waals surface area (Å²) in [5, 5.41) is 0. The third-order valence-corrected chi connectivity index (χ3v) is 5.23. The van der Waals surface area contributed by atoms with Gasteiger partial charge >= 0.3 is 0 Å². The molecule has 0 atom stereocenters. The highest BCUT2D eigenvalue weighted by atomic mass is 16.5. The number of aryl methyl sites for hydroxylation is 1. The second-order valence-corrected chi connectivity index (χ2v) is 7.28. The number of likely N-dealkylation sites (N-methyl/N-ethyl adjacent to an activating group) is 1. The molecule has 5 heteroatoms. The first-order valence-electron chi connectivity index (χ1n) is 9.70. The van der Waals surface area contributed by atoms with E-state index >= 15 is 0 Å². The number of ether oxygens (including phenoxy) is 1. The first-order valence-corrected chi connectivity index (χ1v) is 9.70. The first kappa shape index (κ1) is 18.4. The van der Waals surface area contributed by atoms with E-state index in [9.17, 15) is 4.79 Å². The molecule has 0 saturated heterocycles. The van der Waals surface area contributed by atoms with Crippen LogP contribution in [0.1, 0.15) is 24.5 Å². The van der Waals surface area contributed by atoms with Crippen molar-refractivity contribution < 1.29 is 4.74 Å². The number of rotatable bonds is 4. The van der Waals surface area contributed by atoms with Crippen LogP contribution in [0.25, 0.3) is 22.5 Å². The average Bonchev–Trinajstić information content (AvgIpc) is 2.70. The lowest BCUT2D eigenvalue weighted by atomic mass is 10.0. The predicted molar refractivity (Wildman–Crippen MR) is 113 cm³/mol. The molecule has 0 radical (unpaired) electrons. The van der Waals surface area contributed by atoms with Crippen LogP contribution >= 0.6 is 0 Å². The second kappa shape index (κ2) is 7.60. The van der Waals surface area contributed by atoms with E-state index in [1.54, 1.807) is 10.5 Å². The van der Waals surface area contributed by atoms with Crippen molar-refractivity contribution in [2.24, 2.45) is 0 Å². The summed E-state index contributed by atoms with van der Waals surface area (Å²) in [7, 11) is 2.12. The third kappa shape index (κ3) is 3.58. The molecule has 0 fully saturated rings. The van der Waals surface area contributed by atoms with Gasteiger partial charge in [-0.3, -0.25) is 9.20 Å². The Morgan fingerprint density at radius 2 is 1.96 bits per heavy atom. The molecular formula is C23H25N3O2. The van der Waals surface area contributed by atoms with E-state index in [-0.39, 0.29) is 5.56 Å². The summed E-state index contributed by atoms with van der Waals surface area (Å²) in [4.78, 5) is 19.8.